The van der Waals surface area contributed by atoms with Gasteiger partial charge in [-0.2, -0.15) is 5.26 Å². The Morgan fingerprint density at radius 2 is 2.00 bits per heavy atom. The highest BCUT2D eigenvalue weighted by atomic mass is 16.2. The van der Waals surface area contributed by atoms with Gasteiger partial charge in [-0.05, 0) is 31.2 Å². The van der Waals surface area contributed by atoms with Gasteiger partial charge in [0.05, 0.1) is 11.9 Å². The molecule has 1 aromatic carbocycles. The molecule has 0 saturated carbocycles. The number of carbonyl (C=O) groups excluding carboxylic acids is 1. The van der Waals surface area contributed by atoms with Crippen molar-refractivity contribution in [3.8, 4) is 6.19 Å². The van der Waals surface area contributed by atoms with Crippen LogP contribution in [-0.2, 0) is 0 Å². The molecule has 7 heteroatoms. The van der Waals surface area contributed by atoms with Gasteiger partial charge >= 0.3 is 0 Å². The summed E-state index contributed by atoms with van der Waals surface area (Å²) in [7, 11) is 0. The lowest BCUT2D eigenvalue weighted by Gasteiger charge is -2.42. The molecule has 1 heterocycles. The molecule has 0 unspecified atom stereocenters. The first-order valence-corrected chi connectivity index (χ1v) is 8.50. The Hall–Kier alpha value is -3.24. The second-order valence-electron chi connectivity index (χ2n) is 7.29. The molecule has 0 aliphatic rings. The van der Waals surface area contributed by atoms with Crippen LogP contribution in [0.3, 0.4) is 0 Å². The van der Waals surface area contributed by atoms with E-state index in [1.165, 1.54) is 0 Å². The Morgan fingerprint density at radius 3 is 2.56 bits per heavy atom. The molecule has 2 aromatic rings. The number of hydrogen-bond donors (Lipinski definition) is 3. The third kappa shape index (κ3) is 4.68. The zero-order valence-electron chi connectivity index (χ0n) is 15.9. The average Bonchev–Trinajstić information content (AvgIpc) is 2.61. The van der Waals surface area contributed by atoms with E-state index in [2.05, 4.69) is 20.6 Å². The first-order valence-electron chi connectivity index (χ1n) is 8.50. The molecule has 27 heavy (non-hydrogen) atoms. The maximum Gasteiger partial charge on any atom is 0.253 e. The molecule has 7 nitrogen and oxygen atoms in total. The SMILES string of the molecule is Cc1cccc(C(=O)N[C@@](N)(C(=Nc2cccnc2)NC#N)C(C)(C)C)c1. The van der Waals surface area contributed by atoms with E-state index >= 15 is 0 Å². The zero-order chi connectivity index (χ0) is 20.1. The Bertz CT molecular complexity index is 879. The fourth-order valence-electron chi connectivity index (χ4n) is 2.46. The lowest BCUT2D eigenvalue weighted by Crippen LogP contribution is -2.71. The monoisotopic (exact) mass is 364 g/mol. The van der Waals surface area contributed by atoms with Gasteiger partial charge in [-0.25, -0.2) is 4.99 Å². The molecule has 1 amide bonds. The van der Waals surface area contributed by atoms with Crippen LogP contribution >= 0.6 is 0 Å². The number of nitrogens with zero attached hydrogens (tertiary/aromatic N) is 3. The minimum atomic E-state index is -1.43. The molecule has 140 valence electrons. The first-order chi connectivity index (χ1) is 12.7. The van der Waals surface area contributed by atoms with Gasteiger partial charge in [-0.15, -0.1) is 0 Å². The van der Waals surface area contributed by atoms with Crippen LogP contribution in [0.4, 0.5) is 5.69 Å². The fraction of sp³-hybridized carbons (Fsp3) is 0.300. The fourth-order valence-corrected chi connectivity index (χ4v) is 2.46. The van der Waals surface area contributed by atoms with Crippen molar-refractivity contribution in [1.82, 2.24) is 15.6 Å². The second kappa shape index (κ2) is 7.98. The van der Waals surface area contributed by atoms with Crippen LogP contribution in [-0.4, -0.2) is 22.4 Å². The van der Waals surface area contributed by atoms with Crippen LogP contribution in [0, 0.1) is 23.8 Å². The molecule has 0 spiro atoms. The number of amidine groups is 1. The van der Waals surface area contributed by atoms with E-state index < -0.39 is 11.1 Å². The molecule has 2 rings (SSSR count). The van der Waals surface area contributed by atoms with Crippen LogP contribution in [0.25, 0.3) is 0 Å². The Labute approximate surface area is 159 Å². The van der Waals surface area contributed by atoms with Gasteiger partial charge in [0.1, 0.15) is 0 Å². The number of rotatable bonds is 4. The largest absolute Gasteiger partial charge is 0.327 e. The summed E-state index contributed by atoms with van der Waals surface area (Å²) in [5.74, 6) is -0.221. The van der Waals surface area contributed by atoms with Crippen molar-refractivity contribution in [2.45, 2.75) is 33.4 Å². The third-order valence-corrected chi connectivity index (χ3v) is 4.21. The molecular formula is C20H24N6O. The Kier molecular flexibility index (Phi) is 5.93. The van der Waals surface area contributed by atoms with Crippen LogP contribution in [0.5, 0.6) is 0 Å². The number of benzene rings is 1. The first kappa shape index (κ1) is 20.1. The maximum absolute atomic E-state index is 12.9. The van der Waals surface area contributed by atoms with E-state index in [0.29, 0.717) is 11.3 Å². The summed E-state index contributed by atoms with van der Waals surface area (Å²) < 4.78 is 0. The quantitative estimate of drug-likeness (QED) is 0.253. The molecule has 0 aliphatic carbocycles. The number of aromatic nitrogens is 1. The summed E-state index contributed by atoms with van der Waals surface area (Å²) >= 11 is 0. The van der Waals surface area contributed by atoms with Gasteiger partial charge in [0.15, 0.2) is 17.7 Å². The van der Waals surface area contributed by atoms with Gasteiger partial charge in [-0.3, -0.25) is 15.1 Å². The van der Waals surface area contributed by atoms with Gasteiger partial charge in [0.2, 0.25) is 0 Å². The normalized spacial score (nSPS) is 14.0. The van der Waals surface area contributed by atoms with Crippen molar-refractivity contribution in [3.05, 3.63) is 59.9 Å². The number of nitrogens with two attached hydrogens (primary N) is 1. The average molecular weight is 364 g/mol. The molecule has 1 aromatic heterocycles. The number of nitrogens with one attached hydrogen (secondary N) is 2. The summed E-state index contributed by atoms with van der Waals surface area (Å²) in [5.41, 5.74) is 6.50. The third-order valence-electron chi connectivity index (χ3n) is 4.21. The molecule has 1 atom stereocenters. The van der Waals surface area contributed by atoms with Crippen molar-refractivity contribution in [2.75, 3.05) is 0 Å². The minimum absolute atomic E-state index is 0.131. The molecule has 4 N–H and O–H groups in total. The van der Waals surface area contributed by atoms with E-state index in [4.69, 9.17) is 5.73 Å². The van der Waals surface area contributed by atoms with E-state index in [-0.39, 0.29) is 11.7 Å². The lowest BCUT2D eigenvalue weighted by molar-refractivity contribution is 0.0865. The summed E-state index contributed by atoms with van der Waals surface area (Å²) in [6.07, 6.45) is 5.02. The molecule has 0 radical (unpaired) electrons. The maximum atomic E-state index is 12.9. The van der Waals surface area contributed by atoms with Crippen LogP contribution < -0.4 is 16.4 Å². The topological polar surface area (TPSA) is 116 Å². The number of amides is 1. The summed E-state index contributed by atoms with van der Waals surface area (Å²) in [6.45, 7) is 7.49. The van der Waals surface area contributed by atoms with E-state index in [0.717, 1.165) is 5.56 Å². The minimum Gasteiger partial charge on any atom is -0.327 e. The standard InChI is InChI=1S/C20H24N6O/c1-14-7-5-8-15(11-14)17(27)26-20(22,19(2,3)4)18(24-13-21)25-16-9-6-10-23-12-16/h5-12H,22H2,1-4H3,(H,24,25)(H,26,27)/t20-/m0/s1. The molecule has 0 fully saturated rings. The van der Waals surface area contributed by atoms with Crippen molar-refractivity contribution in [3.63, 3.8) is 0 Å². The number of pyridine rings is 1. The molecular weight excluding hydrogens is 340 g/mol. The van der Waals surface area contributed by atoms with Gasteiger partial charge in [0, 0.05) is 17.2 Å². The highest BCUT2D eigenvalue weighted by molar-refractivity contribution is 6.02. The van der Waals surface area contributed by atoms with E-state index in [1.807, 2.05) is 40.0 Å². The van der Waals surface area contributed by atoms with Crippen molar-refractivity contribution in [2.24, 2.45) is 16.1 Å². The van der Waals surface area contributed by atoms with Gasteiger partial charge < -0.3 is 11.1 Å². The van der Waals surface area contributed by atoms with Crippen LogP contribution in [0.2, 0.25) is 0 Å². The van der Waals surface area contributed by atoms with Crippen molar-refractivity contribution >= 4 is 17.4 Å². The zero-order valence-corrected chi connectivity index (χ0v) is 15.9. The van der Waals surface area contributed by atoms with Gasteiger partial charge in [0.25, 0.3) is 5.91 Å². The smallest absolute Gasteiger partial charge is 0.253 e. The predicted octanol–water partition coefficient (Wildman–Crippen LogP) is 2.62. The number of carbonyl (C=O) groups is 1. The summed E-state index contributed by atoms with van der Waals surface area (Å²) in [5, 5.41) is 14.6. The number of nitriles is 1. The van der Waals surface area contributed by atoms with E-state index in [9.17, 15) is 10.1 Å². The highest BCUT2D eigenvalue weighted by Crippen LogP contribution is 2.28. The molecule has 0 bridgehead atoms. The Morgan fingerprint density at radius 1 is 1.26 bits per heavy atom. The number of hydrogen-bond acceptors (Lipinski definition) is 5. The van der Waals surface area contributed by atoms with Crippen LogP contribution in [0.15, 0.2) is 53.8 Å². The molecule has 0 saturated heterocycles. The summed E-state index contributed by atoms with van der Waals surface area (Å²) in [4.78, 5) is 21.3. The predicted molar refractivity (Wildman–Crippen MR) is 105 cm³/mol. The molecule has 0 aliphatic heterocycles. The number of aliphatic imine (C=N–C) groups is 1. The highest BCUT2D eigenvalue weighted by Gasteiger charge is 2.45. The van der Waals surface area contributed by atoms with E-state index in [1.54, 1.807) is 42.7 Å². The Balaban J connectivity index is 2.49. The second-order valence-corrected chi connectivity index (χ2v) is 7.29. The van der Waals surface area contributed by atoms with Crippen molar-refractivity contribution < 1.29 is 4.79 Å². The summed E-state index contributed by atoms with van der Waals surface area (Å²) in [6, 6.07) is 10.6. The van der Waals surface area contributed by atoms with Crippen LogP contribution in [0.1, 0.15) is 36.7 Å². The number of aryl methyl sites for hydroxylation is 1. The van der Waals surface area contributed by atoms with Crippen molar-refractivity contribution in [1.29, 1.82) is 5.26 Å². The van der Waals surface area contributed by atoms with Gasteiger partial charge in [-0.1, -0.05) is 38.5 Å². The lowest BCUT2D eigenvalue weighted by atomic mass is 9.79.